The standard InChI is InChI=1S/C13H20O/c1-11-9-10-14-13(11)12-7-5-3-2-4-6-8-12/h7,9,13H,2-6,8,10H2,1H3/b12-7+. The second-order valence-electron chi connectivity index (χ2n) is 4.39. The van der Waals surface area contributed by atoms with E-state index >= 15 is 0 Å². The van der Waals surface area contributed by atoms with Crippen LogP contribution in [0, 0.1) is 0 Å². The molecule has 0 aromatic heterocycles. The summed E-state index contributed by atoms with van der Waals surface area (Å²) < 4.78 is 5.74. The van der Waals surface area contributed by atoms with E-state index in [9.17, 15) is 0 Å². The van der Waals surface area contributed by atoms with Gasteiger partial charge < -0.3 is 4.74 Å². The molecule has 2 rings (SSSR count). The first-order valence-electron chi connectivity index (χ1n) is 5.85. The fourth-order valence-corrected chi connectivity index (χ4v) is 2.37. The summed E-state index contributed by atoms with van der Waals surface area (Å²) in [7, 11) is 0. The van der Waals surface area contributed by atoms with Crippen molar-refractivity contribution >= 4 is 0 Å². The molecular formula is C13H20O. The number of hydrogen-bond acceptors (Lipinski definition) is 1. The maximum Gasteiger partial charge on any atom is 0.0998 e. The van der Waals surface area contributed by atoms with E-state index in [0.29, 0.717) is 6.10 Å². The second-order valence-corrected chi connectivity index (χ2v) is 4.39. The van der Waals surface area contributed by atoms with Crippen LogP contribution in [0.5, 0.6) is 0 Å². The molecule has 2 aliphatic rings. The molecule has 0 saturated carbocycles. The van der Waals surface area contributed by atoms with Crippen LogP contribution in [0.25, 0.3) is 0 Å². The summed E-state index contributed by atoms with van der Waals surface area (Å²) in [6.07, 6.45) is 13.0. The van der Waals surface area contributed by atoms with Gasteiger partial charge in [0, 0.05) is 0 Å². The number of hydrogen-bond donors (Lipinski definition) is 0. The van der Waals surface area contributed by atoms with Gasteiger partial charge in [-0.05, 0) is 43.8 Å². The summed E-state index contributed by atoms with van der Waals surface area (Å²) in [6.45, 7) is 3.01. The fourth-order valence-electron chi connectivity index (χ4n) is 2.37. The predicted molar refractivity (Wildman–Crippen MR) is 59.3 cm³/mol. The first-order valence-corrected chi connectivity index (χ1v) is 5.85. The van der Waals surface area contributed by atoms with Crippen molar-refractivity contribution in [2.24, 2.45) is 0 Å². The molecule has 0 amide bonds. The Morgan fingerprint density at radius 1 is 1.14 bits per heavy atom. The zero-order valence-corrected chi connectivity index (χ0v) is 9.09. The van der Waals surface area contributed by atoms with Crippen LogP contribution in [0.2, 0.25) is 0 Å². The van der Waals surface area contributed by atoms with Gasteiger partial charge in [0.1, 0.15) is 0 Å². The molecule has 1 atom stereocenters. The van der Waals surface area contributed by atoms with Crippen LogP contribution in [0.1, 0.15) is 45.4 Å². The van der Waals surface area contributed by atoms with Gasteiger partial charge in [0.15, 0.2) is 0 Å². The van der Waals surface area contributed by atoms with Gasteiger partial charge in [-0.3, -0.25) is 0 Å². The summed E-state index contributed by atoms with van der Waals surface area (Å²) in [5, 5.41) is 0. The normalized spacial score (nSPS) is 32.8. The molecule has 1 unspecified atom stereocenters. The number of allylic oxidation sites excluding steroid dienone is 1. The quantitative estimate of drug-likeness (QED) is 0.577. The molecule has 0 N–H and O–H groups in total. The topological polar surface area (TPSA) is 9.23 Å². The van der Waals surface area contributed by atoms with Gasteiger partial charge in [-0.15, -0.1) is 0 Å². The Balaban J connectivity index is 2.03. The van der Waals surface area contributed by atoms with E-state index in [1.54, 1.807) is 0 Å². The van der Waals surface area contributed by atoms with E-state index < -0.39 is 0 Å². The molecule has 0 fully saturated rings. The number of ether oxygens (including phenoxy) is 1. The molecule has 78 valence electrons. The van der Waals surface area contributed by atoms with Crippen molar-refractivity contribution in [1.82, 2.24) is 0 Å². The van der Waals surface area contributed by atoms with Crippen LogP contribution in [0.15, 0.2) is 23.3 Å². The molecule has 0 aromatic carbocycles. The molecule has 1 aliphatic heterocycles. The lowest BCUT2D eigenvalue weighted by atomic mass is 9.94. The van der Waals surface area contributed by atoms with Crippen molar-refractivity contribution in [1.29, 1.82) is 0 Å². The van der Waals surface area contributed by atoms with Crippen LogP contribution >= 0.6 is 0 Å². The minimum absolute atomic E-state index is 0.327. The number of rotatable bonds is 1. The zero-order valence-electron chi connectivity index (χ0n) is 9.09. The van der Waals surface area contributed by atoms with Crippen LogP contribution in [-0.4, -0.2) is 12.7 Å². The third kappa shape index (κ3) is 2.27. The van der Waals surface area contributed by atoms with Crippen LogP contribution in [0.4, 0.5) is 0 Å². The maximum absolute atomic E-state index is 5.74. The second kappa shape index (κ2) is 4.79. The highest BCUT2D eigenvalue weighted by Crippen LogP contribution is 2.27. The zero-order chi connectivity index (χ0) is 9.80. The average Bonchev–Trinajstić information content (AvgIpc) is 2.51. The molecule has 0 aromatic rings. The molecule has 1 aliphatic carbocycles. The van der Waals surface area contributed by atoms with E-state index in [1.165, 1.54) is 49.7 Å². The minimum atomic E-state index is 0.327. The van der Waals surface area contributed by atoms with Crippen LogP contribution < -0.4 is 0 Å². The van der Waals surface area contributed by atoms with E-state index in [-0.39, 0.29) is 0 Å². The van der Waals surface area contributed by atoms with Crippen LogP contribution in [0.3, 0.4) is 0 Å². The molecule has 14 heavy (non-hydrogen) atoms. The maximum atomic E-state index is 5.74. The van der Waals surface area contributed by atoms with E-state index in [0.717, 1.165) is 6.61 Å². The van der Waals surface area contributed by atoms with Crippen molar-refractivity contribution in [3.63, 3.8) is 0 Å². The van der Waals surface area contributed by atoms with Crippen molar-refractivity contribution in [2.45, 2.75) is 51.6 Å². The van der Waals surface area contributed by atoms with Crippen molar-refractivity contribution in [2.75, 3.05) is 6.61 Å². The van der Waals surface area contributed by atoms with Crippen molar-refractivity contribution in [3.8, 4) is 0 Å². The Morgan fingerprint density at radius 2 is 2.00 bits per heavy atom. The fraction of sp³-hybridized carbons (Fsp3) is 0.692. The highest BCUT2D eigenvalue weighted by atomic mass is 16.5. The van der Waals surface area contributed by atoms with Gasteiger partial charge in [0.2, 0.25) is 0 Å². The summed E-state index contributed by atoms with van der Waals surface area (Å²) in [5.41, 5.74) is 2.95. The molecule has 0 bridgehead atoms. The first-order chi connectivity index (χ1) is 6.88. The lowest BCUT2D eigenvalue weighted by Gasteiger charge is -2.18. The highest BCUT2D eigenvalue weighted by molar-refractivity contribution is 5.25. The highest BCUT2D eigenvalue weighted by Gasteiger charge is 2.20. The van der Waals surface area contributed by atoms with E-state index in [1.807, 2.05) is 0 Å². The van der Waals surface area contributed by atoms with Crippen LogP contribution in [-0.2, 0) is 4.74 Å². The van der Waals surface area contributed by atoms with Crippen molar-refractivity contribution in [3.05, 3.63) is 23.3 Å². The van der Waals surface area contributed by atoms with Gasteiger partial charge >= 0.3 is 0 Å². The van der Waals surface area contributed by atoms with Gasteiger partial charge in [-0.2, -0.15) is 0 Å². The average molecular weight is 192 g/mol. The molecule has 0 radical (unpaired) electrons. The summed E-state index contributed by atoms with van der Waals surface area (Å²) in [5.74, 6) is 0. The molecule has 0 spiro atoms. The predicted octanol–water partition coefficient (Wildman–Crippen LogP) is 3.61. The Kier molecular flexibility index (Phi) is 3.41. The van der Waals surface area contributed by atoms with E-state index in [4.69, 9.17) is 4.74 Å². The Hall–Kier alpha value is -0.560. The lowest BCUT2D eigenvalue weighted by molar-refractivity contribution is 0.144. The summed E-state index contributed by atoms with van der Waals surface area (Å²) >= 11 is 0. The molecule has 0 saturated heterocycles. The first kappa shape index (κ1) is 9.97. The van der Waals surface area contributed by atoms with Gasteiger partial charge in [0.05, 0.1) is 12.7 Å². The van der Waals surface area contributed by atoms with Gasteiger partial charge in [-0.25, -0.2) is 0 Å². The largest absolute Gasteiger partial charge is 0.365 e. The molecular weight excluding hydrogens is 172 g/mol. The summed E-state index contributed by atoms with van der Waals surface area (Å²) in [4.78, 5) is 0. The third-order valence-electron chi connectivity index (χ3n) is 3.24. The van der Waals surface area contributed by atoms with Crippen molar-refractivity contribution < 1.29 is 4.74 Å². The summed E-state index contributed by atoms with van der Waals surface area (Å²) in [6, 6.07) is 0. The molecule has 1 heterocycles. The van der Waals surface area contributed by atoms with Gasteiger partial charge in [0.25, 0.3) is 0 Å². The monoisotopic (exact) mass is 192 g/mol. The third-order valence-corrected chi connectivity index (χ3v) is 3.24. The van der Waals surface area contributed by atoms with Gasteiger partial charge in [-0.1, -0.05) is 25.0 Å². The molecule has 1 heteroatoms. The SMILES string of the molecule is CC1=CCOC1/C1=C/CCCCCC1. The van der Waals surface area contributed by atoms with E-state index in [2.05, 4.69) is 19.1 Å². The Labute approximate surface area is 86.8 Å². The Bertz CT molecular complexity index is 250. The molecule has 1 nitrogen and oxygen atoms in total. The Morgan fingerprint density at radius 3 is 2.79 bits per heavy atom. The minimum Gasteiger partial charge on any atom is -0.365 e. The smallest absolute Gasteiger partial charge is 0.0998 e. The lowest BCUT2D eigenvalue weighted by Crippen LogP contribution is -2.13.